The minimum atomic E-state index is -0.456. The monoisotopic (exact) mass is 129 g/mol. The molecular weight excluding hydrogens is 114 g/mol. The third-order valence-electron chi connectivity index (χ3n) is 1.45. The van der Waals surface area contributed by atoms with Crippen LogP contribution in [0.4, 0.5) is 0 Å². The predicted molar refractivity (Wildman–Crippen MR) is 39.0 cm³/mol. The maximum Gasteiger partial charge on any atom is 0.0748 e. The van der Waals surface area contributed by atoms with Crippen molar-refractivity contribution in [3.63, 3.8) is 0 Å². The zero-order valence-corrected chi connectivity index (χ0v) is 6.04. The van der Waals surface area contributed by atoms with E-state index < -0.39 is 6.10 Å². The minimum Gasteiger partial charge on any atom is -0.391 e. The van der Waals surface area contributed by atoms with Crippen molar-refractivity contribution in [1.29, 1.82) is 0 Å². The van der Waals surface area contributed by atoms with Crippen molar-refractivity contribution >= 4 is 0 Å². The molecule has 0 saturated heterocycles. The predicted octanol–water partition coefficient (Wildman–Crippen LogP) is 0.517. The van der Waals surface area contributed by atoms with E-state index in [2.05, 4.69) is 6.58 Å². The van der Waals surface area contributed by atoms with Gasteiger partial charge in [-0.05, 0) is 6.92 Å². The van der Waals surface area contributed by atoms with E-state index in [9.17, 15) is 5.11 Å². The van der Waals surface area contributed by atoms with Gasteiger partial charge < -0.3 is 10.8 Å². The van der Waals surface area contributed by atoms with Crippen LogP contribution < -0.4 is 5.73 Å². The second-order valence-corrected chi connectivity index (χ2v) is 2.44. The quantitative estimate of drug-likeness (QED) is 0.546. The van der Waals surface area contributed by atoms with Gasteiger partial charge in [-0.2, -0.15) is 0 Å². The topological polar surface area (TPSA) is 46.2 Å². The third kappa shape index (κ3) is 2.63. The molecule has 0 radical (unpaired) electrons. The highest BCUT2D eigenvalue weighted by atomic mass is 16.3. The Kier molecular flexibility index (Phi) is 3.50. The molecule has 0 bridgehead atoms. The Labute approximate surface area is 56.4 Å². The largest absolute Gasteiger partial charge is 0.391 e. The first-order chi connectivity index (χ1) is 4.09. The van der Waals surface area contributed by atoms with Crippen molar-refractivity contribution < 1.29 is 5.11 Å². The molecule has 0 saturated carbocycles. The fourth-order valence-corrected chi connectivity index (χ4v) is 0.618. The summed E-state index contributed by atoms with van der Waals surface area (Å²) < 4.78 is 0. The SMILES string of the molecule is C=C[C@H](C)[C@H](O)[C@H](C)N. The molecule has 0 aromatic rings. The summed E-state index contributed by atoms with van der Waals surface area (Å²) in [4.78, 5) is 0. The Bertz CT molecular complexity index is 90.9. The molecule has 3 N–H and O–H groups in total. The molecule has 0 aromatic heterocycles. The van der Waals surface area contributed by atoms with Crippen molar-refractivity contribution in [2.45, 2.75) is 26.0 Å². The molecule has 54 valence electrons. The van der Waals surface area contributed by atoms with Crippen molar-refractivity contribution in [2.75, 3.05) is 0 Å². The van der Waals surface area contributed by atoms with Gasteiger partial charge in [-0.25, -0.2) is 0 Å². The minimum absolute atomic E-state index is 0.0880. The normalized spacial score (nSPS) is 20.4. The molecule has 0 spiro atoms. The van der Waals surface area contributed by atoms with Gasteiger partial charge in [0.05, 0.1) is 6.10 Å². The fourth-order valence-electron chi connectivity index (χ4n) is 0.618. The first-order valence-corrected chi connectivity index (χ1v) is 3.15. The number of aliphatic hydroxyl groups is 1. The van der Waals surface area contributed by atoms with Crippen LogP contribution >= 0.6 is 0 Å². The highest BCUT2D eigenvalue weighted by Crippen LogP contribution is 2.05. The van der Waals surface area contributed by atoms with Gasteiger partial charge in [-0.15, -0.1) is 6.58 Å². The van der Waals surface area contributed by atoms with Crippen LogP contribution in [0.2, 0.25) is 0 Å². The third-order valence-corrected chi connectivity index (χ3v) is 1.45. The van der Waals surface area contributed by atoms with Crippen LogP contribution in [-0.4, -0.2) is 17.3 Å². The van der Waals surface area contributed by atoms with Crippen LogP contribution in [0, 0.1) is 5.92 Å². The van der Waals surface area contributed by atoms with Crippen LogP contribution in [0.1, 0.15) is 13.8 Å². The molecule has 0 heterocycles. The molecule has 9 heavy (non-hydrogen) atoms. The zero-order valence-electron chi connectivity index (χ0n) is 6.04. The summed E-state index contributed by atoms with van der Waals surface area (Å²) in [5, 5.41) is 9.20. The number of aliphatic hydroxyl groups excluding tert-OH is 1. The van der Waals surface area contributed by atoms with E-state index >= 15 is 0 Å². The van der Waals surface area contributed by atoms with Crippen molar-refractivity contribution in [2.24, 2.45) is 11.7 Å². The van der Waals surface area contributed by atoms with E-state index in [1.165, 1.54) is 0 Å². The molecule has 0 unspecified atom stereocenters. The van der Waals surface area contributed by atoms with Gasteiger partial charge in [-0.1, -0.05) is 13.0 Å². The van der Waals surface area contributed by atoms with Crippen LogP contribution in [0.3, 0.4) is 0 Å². The summed E-state index contributed by atoms with van der Waals surface area (Å²) in [5.74, 6) is 0.0880. The summed E-state index contributed by atoms with van der Waals surface area (Å²) in [6.45, 7) is 7.22. The molecule has 0 aliphatic heterocycles. The van der Waals surface area contributed by atoms with Gasteiger partial charge in [0.25, 0.3) is 0 Å². The lowest BCUT2D eigenvalue weighted by Crippen LogP contribution is -2.35. The molecular formula is C7H15NO. The molecule has 3 atom stereocenters. The average Bonchev–Trinajstić information content (AvgIpc) is 1.84. The van der Waals surface area contributed by atoms with E-state index in [-0.39, 0.29) is 12.0 Å². The van der Waals surface area contributed by atoms with E-state index in [0.717, 1.165) is 0 Å². The molecule has 0 aliphatic carbocycles. The van der Waals surface area contributed by atoms with Crippen LogP contribution in [0.25, 0.3) is 0 Å². The van der Waals surface area contributed by atoms with Gasteiger partial charge in [0.15, 0.2) is 0 Å². The number of rotatable bonds is 3. The van der Waals surface area contributed by atoms with Crippen LogP contribution in [-0.2, 0) is 0 Å². The number of nitrogens with two attached hydrogens (primary N) is 1. The molecule has 0 rings (SSSR count). The Morgan fingerprint density at radius 3 is 2.11 bits per heavy atom. The lowest BCUT2D eigenvalue weighted by atomic mass is 10.0. The summed E-state index contributed by atoms with van der Waals surface area (Å²) in [6, 6.07) is -0.169. The first kappa shape index (κ1) is 8.66. The van der Waals surface area contributed by atoms with E-state index in [0.29, 0.717) is 0 Å². The Balaban J connectivity index is 3.71. The Hall–Kier alpha value is -0.340. The lowest BCUT2D eigenvalue weighted by molar-refractivity contribution is 0.116. The highest BCUT2D eigenvalue weighted by Gasteiger charge is 2.14. The van der Waals surface area contributed by atoms with Crippen molar-refractivity contribution in [3.8, 4) is 0 Å². The maximum absolute atomic E-state index is 9.20. The fraction of sp³-hybridized carbons (Fsp3) is 0.714. The summed E-state index contributed by atoms with van der Waals surface area (Å²) in [7, 11) is 0. The Morgan fingerprint density at radius 1 is 1.56 bits per heavy atom. The van der Waals surface area contributed by atoms with Gasteiger partial charge >= 0.3 is 0 Å². The zero-order chi connectivity index (χ0) is 7.44. The average molecular weight is 129 g/mol. The van der Waals surface area contributed by atoms with E-state index in [1.807, 2.05) is 6.92 Å². The molecule has 0 fully saturated rings. The van der Waals surface area contributed by atoms with Gasteiger partial charge in [-0.3, -0.25) is 0 Å². The first-order valence-electron chi connectivity index (χ1n) is 3.15. The van der Waals surface area contributed by atoms with Crippen molar-refractivity contribution in [3.05, 3.63) is 12.7 Å². The highest BCUT2D eigenvalue weighted by molar-refractivity contribution is 4.84. The molecule has 0 aromatic carbocycles. The van der Waals surface area contributed by atoms with E-state index in [1.54, 1.807) is 13.0 Å². The second-order valence-electron chi connectivity index (χ2n) is 2.44. The second kappa shape index (κ2) is 3.64. The summed E-state index contributed by atoms with van der Waals surface area (Å²) in [5.41, 5.74) is 5.41. The van der Waals surface area contributed by atoms with Gasteiger partial charge in [0, 0.05) is 12.0 Å². The summed E-state index contributed by atoms with van der Waals surface area (Å²) in [6.07, 6.45) is 1.25. The number of hydrogen-bond donors (Lipinski definition) is 2. The molecule has 0 aliphatic rings. The maximum atomic E-state index is 9.20. The van der Waals surface area contributed by atoms with Crippen LogP contribution in [0.15, 0.2) is 12.7 Å². The van der Waals surface area contributed by atoms with Crippen molar-refractivity contribution in [1.82, 2.24) is 0 Å². The van der Waals surface area contributed by atoms with E-state index in [4.69, 9.17) is 5.73 Å². The molecule has 2 heteroatoms. The molecule has 0 amide bonds. The summed E-state index contributed by atoms with van der Waals surface area (Å²) >= 11 is 0. The molecule has 2 nitrogen and oxygen atoms in total. The number of hydrogen-bond acceptors (Lipinski definition) is 2. The van der Waals surface area contributed by atoms with Gasteiger partial charge in [0.2, 0.25) is 0 Å². The standard InChI is InChI=1S/C7H15NO/c1-4-5(2)7(9)6(3)8/h4-7,9H,1,8H2,2-3H3/t5-,6-,7-/m0/s1. The smallest absolute Gasteiger partial charge is 0.0748 e. The van der Waals surface area contributed by atoms with Crippen LogP contribution in [0.5, 0.6) is 0 Å². The lowest BCUT2D eigenvalue weighted by Gasteiger charge is -2.18. The Morgan fingerprint density at radius 2 is 2.00 bits per heavy atom. The van der Waals surface area contributed by atoms with Gasteiger partial charge in [0.1, 0.15) is 0 Å².